The van der Waals surface area contributed by atoms with Gasteiger partial charge in [0, 0.05) is 24.7 Å². The molecule has 2 rings (SSSR count). The lowest BCUT2D eigenvalue weighted by atomic mass is 10.0. The number of unbranched alkanes of at least 4 members (excludes halogenated alkanes) is 1. The summed E-state index contributed by atoms with van der Waals surface area (Å²) < 4.78 is 0. The Morgan fingerprint density at radius 3 is 2.08 bits per heavy atom. The monoisotopic (exact) mass is 559 g/mol. The van der Waals surface area contributed by atoms with Crippen LogP contribution in [-0.2, 0) is 32.0 Å². The molecule has 220 valence electrons. The number of aromatic nitrogens is 2. The second kappa shape index (κ2) is 16.2. The van der Waals surface area contributed by atoms with Crippen LogP contribution in [0.2, 0.25) is 0 Å². The first-order valence-electron chi connectivity index (χ1n) is 13.3. The SMILES string of the molecule is CC(C)CC(NC(=O)C(Cc1ccc(O)cc1)NC(=O)C(Cc1cnc[nH]1)NC(=O)C(N)CCCCN)C(=O)O. The number of carbonyl (C=O) groups excluding carboxylic acids is 3. The summed E-state index contributed by atoms with van der Waals surface area (Å²) in [5, 5.41) is 27.1. The van der Waals surface area contributed by atoms with E-state index in [2.05, 4.69) is 25.9 Å². The predicted molar refractivity (Wildman–Crippen MR) is 148 cm³/mol. The summed E-state index contributed by atoms with van der Waals surface area (Å²) >= 11 is 0. The number of hydrogen-bond donors (Lipinski definition) is 8. The third kappa shape index (κ3) is 11.0. The molecule has 0 spiro atoms. The fourth-order valence-corrected chi connectivity index (χ4v) is 4.06. The van der Waals surface area contributed by atoms with Crippen LogP contribution in [0.3, 0.4) is 0 Å². The molecule has 40 heavy (non-hydrogen) atoms. The van der Waals surface area contributed by atoms with Crippen LogP contribution in [-0.4, -0.2) is 74.6 Å². The number of aliphatic carboxylic acids is 1. The lowest BCUT2D eigenvalue weighted by Crippen LogP contribution is -2.58. The van der Waals surface area contributed by atoms with Gasteiger partial charge >= 0.3 is 5.97 Å². The molecule has 0 fully saturated rings. The zero-order valence-electron chi connectivity index (χ0n) is 22.9. The molecule has 4 unspecified atom stereocenters. The molecule has 1 heterocycles. The standard InChI is InChI=1S/C27H41N7O6/c1-16(2)11-23(27(39)40)34-25(37)21(12-17-6-8-19(35)9-7-17)33-26(38)22(13-18-14-30-15-31-18)32-24(36)20(29)5-3-4-10-28/h6-9,14-16,20-23,35H,3-5,10-13,28-29H2,1-2H3,(H,30,31)(H,32,36)(H,33,38)(H,34,37)(H,39,40). The first-order chi connectivity index (χ1) is 19.0. The molecule has 0 radical (unpaired) electrons. The van der Waals surface area contributed by atoms with Gasteiger partial charge < -0.3 is 42.6 Å². The van der Waals surface area contributed by atoms with Crippen molar-refractivity contribution in [1.29, 1.82) is 0 Å². The number of aromatic hydroxyl groups is 1. The molecule has 13 nitrogen and oxygen atoms in total. The molecule has 0 saturated carbocycles. The number of nitrogens with one attached hydrogen (secondary N) is 4. The molecule has 3 amide bonds. The minimum atomic E-state index is -1.19. The number of H-pyrrole nitrogens is 1. The normalized spacial score (nSPS) is 14.1. The second-order valence-corrected chi connectivity index (χ2v) is 10.2. The highest BCUT2D eigenvalue weighted by Crippen LogP contribution is 2.13. The minimum Gasteiger partial charge on any atom is -0.508 e. The minimum absolute atomic E-state index is 0.00500. The average Bonchev–Trinajstić information content (AvgIpc) is 3.41. The summed E-state index contributed by atoms with van der Waals surface area (Å²) in [5.41, 5.74) is 12.7. The van der Waals surface area contributed by atoms with Crippen LogP contribution in [0, 0.1) is 5.92 Å². The van der Waals surface area contributed by atoms with Crippen LogP contribution in [0.4, 0.5) is 0 Å². The van der Waals surface area contributed by atoms with Crippen molar-refractivity contribution < 1.29 is 29.4 Å². The van der Waals surface area contributed by atoms with E-state index in [0.717, 1.165) is 0 Å². The van der Waals surface area contributed by atoms with Crippen LogP contribution < -0.4 is 27.4 Å². The van der Waals surface area contributed by atoms with Crippen molar-refractivity contribution in [2.45, 2.75) is 76.5 Å². The Balaban J connectivity index is 2.26. The third-order valence-corrected chi connectivity index (χ3v) is 6.25. The van der Waals surface area contributed by atoms with E-state index in [1.54, 1.807) is 12.1 Å². The van der Waals surface area contributed by atoms with Crippen molar-refractivity contribution in [1.82, 2.24) is 25.9 Å². The van der Waals surface area contributed by atoms with Gasteiger partial charge in [-0.15, -0.1) is 0 Å². The maximum absolute atomic E-state index is 13.5. The summed E-state index contributed by atoms with van der Waals surface area (Å²) in [5.74, 6) is -3.05. The summed E-state index contributed by atoms with van der Waals surface area (Å²) in [6, 6.07) is 1.78. The number of carboxylic acid groups (broad SMARTS) is 1. The van der Waals surface area contributed by atoms with Crippen LogP contribution in [0.1, 0.15) is 50.8 Å². The van der Waals surface area contributed by atoms with Crippen LogP contribution in [0.25, 0.3) is 0 Å². The van der Waals surface area contributed by atoms with E-state index in [4.69, 9.17) is 11.5 Å². The van der Waals surface area contributed by atoms with Gasteiger partial charge in [0.05, 0.1) is 12.4 Å². The van der Waals surface area contributed by atoms with Crippen LogP contribution in [0.15, 0.2) is 36.8 Å². The predicted octanol–water partition coefficient (Wildman–Crippen LogP) is -0.0581. The molecule has 4 atom stereocenters. The maximum atomic E-state index is 13.5. The molecule has 13 heteroatoms. The lowest BCUT2D eigenvalue weighted by molar-refractivity contribution is -0.142. The van der Waals surface area contributed by atoms with Gasteiger partial charge in [0.25, 0.3) is 0 Å². The number of imidazole rings is 1. The van der Waals surface area contributed by atoms with Crippen molar-refractivity contribution in [3.8, 4) is 5.75 Å². The number of amides is 3. The molecule has 10 N–H and O–H groups in total. The highest BCUT2D eigenvalue weighted by Gasteiger charge is 2.31. The Hall–Kier alpha value is -3.97. The van der Waals surface area contributed by atoms with Crippen molar-refractivity contribution in [3.63, 3.8) is 0 Å². The number of nitrogens with zero attached hydrogens (tertiary/aromatic N) is 1. The van der Waals surface area contributed by atoms with Crippen molar-refractivity contribution >= 4 is 23.7 Å². The highest BCUT2D eigenvalue weighted by atomic mass is 16.4. The van der Waals surface area contributed by atoms with E-state index < -0.39 is 47.9 Å². The molecule has 0 aliphatic heterocycles. The number of hydrogen-bond acceptors (Lipinski definition) is 8. The van der Waals surface area contributed by atoms with Gasteiger partial charge in [0.15, 0.2) is 0 Å². The smallest absolute Gasteiger partial charge is 0.326 e. The third-order valence-electron chi connectivity index (χ3n) is 6.25. The molecule has 1 aromatic heterocycles. The van der Waals surface area contributed by atoms with Gasteiger partial charge in [-0.05, 0) is 49.4 Å². The molecule has 0 aliphatic carbocycles. The van der Waals surface area contributed by atoms with E-state index >= 15 is 0 Å². The number of nitrogens with two attached hydrogens (primary N) is 2. The lowest BCUT2D eigenvalue weighted by Gasteiger charge is -2.25. The van der Waals surface area contributed by atoms with Gasteiger partial charge in [-0.3, -0.25) is 14.4 Å². The Bertz CT molecular complexity index is 1090. The number of carboxylic acids is 1. The Morgan fingerprint density at radius 1 is 0.925 bits per heavy atom. The van der Waals surface area contributed by atoms with E-state index in [9.17, 15) is 29.4 Å². The zero-order valence-corrected chi connectivity index (χ0v) is 22.9. The van der Waals surface area contributed by atoms with Crippen molar-refractivity contribution in [2.75, 3.05) is 6.54 Å². The fourth-order valence-electron chi connectivity index (χ4n) is 4.06. The van der Waals surface area contributed by atoms with Crippen LogP contribution >= 0.6 is 0 Å². The van der Waals surface area contributed by atoms with E-state index in [-0.39, 0.29) is 30.9 Å². The fraction of sp³-hybridized carbons (Fsp3) is 0.519. The number of phenols is 1. The molecular weight excluding hydrogens is 518 g/mol. The van der Waals surface area contributed by atoms with E-state index in [0.29, 0.717) is 37.1 Å². The highest BCUT2D eigenvalue weighted by molar-refractivity contribution is 5.94. The average molecular weight is 560 g/mol. The summed E-state index contributed by atoms with van der Waals surface area (Å²) in [7, 11) is 0. The second-order valence-electron chi connectivity index (χ2n) is 10.2. The molecule has 0 aliphatic rings. The number of phenolic OH excluding ortho intramolecular Hbond substituents is 1. The maximum Gasteiger partial charge on any atom is 0.326 e. The Labute approximate surface area is 233 Å². The first kappa shape index (κ1) is 32.2. The number of aromatic amines is 1. The molecule has 0 saturated heterocycles. The first-order valence-corrected chi connectivity index (χ1v) is 13.3. The number of carbonyl (C=O) groups is 4. The van der Waals surface area contributed by atoms with Crippen LogP contribution in [0.5, 0.6) is 5.75 Å². The van der Waals surface area contributed by atoms with Crippen molar-refractivity contribution in [3.05, 3.63) is 48.0 Å². The van der Waals surface area contributed by atoms with Gasteiger partial charge in [-0.2, -0.15) is 0 Å². The quantitative estimate of drug-likeness (QED) is 0.121. The largest absolute Gasteiger partial charge is 0.508 e. The van der Waals surface area contributed by atoms with Gasteiger partial charge in [0.1, 0.15) is 23.9 Å². The molecular formula is C27H41N7O6. The van der Waals surface area contributed by atoms with Gasteiger partial charge in [-0.1, -0.05) is 32.4 Å². The molecule has 2 aromatic rings. The molecule has 0 bridgehead atoms. The van der Waals surface area contributed by atoms with E-state index in [1.807, 2.05) is 13.8 Å². The van der Waals surface area contributed by atoms with Gasteiger partial charge in [-0.25, -0.2) is 9.78 Å². The zero-order chi connectivity index (χ0) is 29.7. The van der Waals surface area contributed by atoms with Gasteiger partial charge in [0.2, 0.25) is 17.7 Å². The number of benzene rings is 1. The summed E-state index contributed by atoms with van der Waals surface area (Å²) in [6.07, 6.45) is 4.95. The summed E-state index contributed by atoms with van der Waals surface area (Å²) in [4.78, 5) is 58.2. The topological polar surface area (TPSA) is 226 Å². The number of rotatable bonds is 17. The Kier molecular flexibility index (Phi) is 13.1. The van der Waals surface area contributed by atoms with E-state index in [1.165, 1.54) is 24.7 Å². The Morgan fingerprint density at radius 2 is 1.52 bits per heavy atom. The molecule has 1 aromatic carbocycles. The van der Waals surface area contributed by atoms with Crippen molar-refractivity contribution in [2.24, 2.45) is 17.4 Å². The summed E-state index contributed by atoms with van der Waals surface area (Å²) in [6.45, 7) is 4.14.